The van der Waals surface area contributed by atoms with Crippen LogP contribution in [0.1, 0.15) is 38.1 Å². The molecule has 0 aromatic carbocycles. The predicted molar refractivity (Wildman–Crippen MR) is 86.4 cm³/mol. The van der Waals surface area contributed by atoms with Crippen molar-refractivity contribution in [2.75, 3.05) is 31.1 Å². The third-order valence-electron chi connectivity index (χ3n) is 4.92. The lowest BCUT2D eigenvalue weighted by atomic mass is 9.95. The Bertz CT molecular complexity index is 656. The van der Waals surface area contributed by atoms with Crippen LogP contribution in [-0.4, -0.2) is 45.8 Å². The molecule has 2 aromatic heterocycles. The lowest BCUT2D eigenvalue weighted by molar-refractivity contribution is 0.316. The molecule has 0 unspecified atom stereocenters. The fraction of sp³-hybridized carbons (Fsp3) is 0.625. The van der Waals surface area contributed by atoms with Crippen LogP contribution in [0, 0.1) is 0 Å². The first-order valence-electron chi connectivity index (χ1n) is 8.35. The molecule has 1 aliphatic carbocycles. The second-order valence-electron chi connectivity index (χ2n) is 6.36. The minimum Gasteiger partial charge on any atom is -0.494 e. The molecular formula is C16H23N5O. The van der Waals surface area contributed by atoms with Crippen LogP contribution in [0.15, 0.2) is 12.4 Å². The monoisotopic (exact) mass is 301 g/mol. The smallest absolute Gasteiger partial charge is 0.226 e. The second-order valence-corrected chi connectivity index (χ2v) is 6.36. The van der Waals surface area contributed by atoms with Crippen LogP contribution >= 0.6 is 0 Å². The van der Waals surface area contributed by atoms with Crippen molar-refractivity contribution >= 4 is 16.9 Å². The van der Waals surface area contributed by atoms with Crippen molar-refractivity contribution in [3.8, 4) is 5.88 Å². The van der Waals surface area contributed by atoms with E-state index in [9.17, 15) is 5.11 Å². The topological polar surface area (TPSA) is 66.2 Å². The van der Waals surface area contributed by atoms with Crippen LogP contribution in [0.5, 0.6) is 5.88 Å². The molecule has 2 aromatic rings. The van der Waals surface area contributed by atoms with Gasteiger partial charge in [0.1, 0.15) is 0 Å². The molecule has 4 rings (SSSR count). The lowest BCUT2D eigenvalue weighted by Crippen LogP contribution is -2.44. The van der Waals surface area contributed by atoms with E-state index in [0.29, 0.717) is 11.9 Å². The van der Waals surface area contributed by atoms with Crippen LogP contribution in [0.2, 0.25) is 0 Å². The van der Waals surface area contributed by atoms with Crippen molar-refractivity contribution in [1.82, 2.24) is 19.9 Å². The summed E-state index contributed by atoms with van der Waals surface area (Å²) in [6, 6.07) is 0.408. The molecule has 22 heavy (non-hydrogen) atoms. The molecule has 0 radical (unpaired) electrons. The second kappa shape index (κ2) is 5.76. The molecule has 6 nitrogen and oxygen atoms in total. The van der Waals surface area contributed by atoms with Crippen LogP contribution in [0.4, 0.5) is 5.95 Å². The largest absolute Gasteiger partial charge is 0.494 e. The first-order valence-corrected chi connectivity index (χ1v) is 8.35. The summed E-state index contributed by atoms with van der Waals surface area (Å²) in [6.45, 7) is 3.80. The van der Waals surface area contributed by atoms with Gasteiger partial charge in [-0.1, -0.05) is 19.3 Å². The minimum atomic E-state index is 0.328. The zero-order chi connectivity index (χ0) is 14.9. The Balaban J connectivity index is 1.67. The average molecular weight is 301 g/mol. The summed E-state index contributed by atoms with van der Waals surface area (Å²) < 4.78 is 2.01. The Kier molecular flexibility index (Phi) is 3.62. The van der Waals surface area contributed by atoms with Gasteiger partial charge >= 0.3 is 0 Å². The molecule has 1 saturated heterocycles. The fourth-order valence-electron chi connectivity index (χ4n) is 3.64. The quantitative estimate of drug-likeness (QED) is 0.889. The van der Waals surface area contributed by atoms with Gasteiger partial charge in [0.05, 0.1) is 10.9 Å². The van der Waals surface area contributed by atoms with Crippen LogP contribution in [0.3, 0.4) is 0 Å². The SMILES string of the molecule is Oc1c2cnc(N3CCNCC3)nc2cn1C1CCCCC1. The first-order chi connectivity index (χ1) is 10.8. The van der Waals surface area contributed by atoms with E-state index in [4.69, 9.17) is 0 Å². The van der Waals surface area contributed by atoms with Crippen LogP contribution in [0.25, 0.3) is 10.9 Å². The highest BCUT2D eigenvalue weighted by Crippen LogP contribution is 2.35. The number of rotatable bonds is 2. The molecule has 6 heteroatoms. The average Bonchev–Trinajstić information content (AvgIpc) is 2.93. The summed E-state index contributed by atoms with van der Waals surface area (Å²) in [5.41, 5.74) is 0.853. The highest BCUT2D eigenvalue weighted by Gasteiger charge is 2.21. The molecule has 0 spiro atoms. The summed E-state index contributed by atoms with van der Waals surface area (Å²) in [5.74, 6) is 1.10. The zero-order valence-electron chi connectivity index (χ0n) is 12.8. The van der Waals surface area contributed by atoms with Gasteiger partial charge in [-0.25, -0.2) is 9.97 Å². The van der Waals surface area contributed by atoms with Crippen molar-refractivity contribution in [2.24, 2.45) is 0 Å². The summed E-state index contributed by atoms with van der Waals surface area (Å²) in [4.78, 5) is 11.3. The van der Waals surface area contributed by atoms with Crippen molar-refractivity contribution in [1.29, 1.82) is 0 Å². The molecule has 0 atom stereocenters. The van der Waals surface area contributed by atoms with Gasteiger partial charge in [0, 0.05) is 44.6 Å². The van der Waals surface area contributed by atoms with Crippen LogP contribution in [-0.2, 0) is 0 Å². The molecule has 0 amide bonds. The summed E-state index contributed by atoms with van der Waals surface area (Å²) in [5, 5.41) is 14.6. The number of nitrogens with one attached hydrogen (secondary N) is 1. The van der Waals surface area contributed by atoms with E-state index in [1.165, 1.54) is 19.3 Å². The normalized spacial score (nSPS) is 20.6. The Morgan fingerprint density at radius 1 is 1.14 bits per heavy atom. The number of hydrogen-bond donors (Lipinski definition) is 2. The minimum absolute atomic E-state index is 0.328. The highest BCUT2D eigenvalue weighted by molar-refractivity contribution is 5.84. The maximum atomic E-state index is 10.5. The van der Waals surface area contributed by atoms with Gasteiger partial charge in [-0.05, 0) is 12.8 Å². The third kappa shape index (κ3) is 2.41. The summed E-state index contributed by atoms with van der Waals surface area (Å²) in [7, 11) is 0. The Labute approximate surface area is 130 Å². The van der Waals surface area contributed by atoms with Crippen LogP contribution < -0.4 is 10.2 Å². The van der Waals surface area contributed by atoms with E-state index in [-0.39, 0.29) is 0 Å². The summed E-state index contributed by atoms with van der Waals surface area (Å²) >= 11 is 0. The van der Waals surface area contributed by atoms with Gasteiger partial charge in [0.2, 0.25) is 11.8 Å². The van der Waals surface area contributed by atoms with Gasteiger partial charge in [-0.2, -0.15) is 0 Å². The molecule has 2 N–H and O–H groups in total. The molecule has 1 aliphatic heterocycles. The van der Waals surface area contributed by atoms with Gasteiger partial charge in [0.25, 0.3) is 0 Å². The molecule has 118 valence electrons. The zero-order valence-corrected chi connectivity index (χ0v) is 12.8. The van der Waals surface area contributed by atoms with Gasteiger partial charge in [0.15, 0.2) is 0 Å². The van der Waals surface area contributed by atoms with E-state index in [1.54, 1.807) is 6.20 Å². The predicted octanol–water partition coefficient (Wildman–Crippen LogP) is 2.05. The third-order valence-corrected chi connectivity index (χ3v) is 4.92. The molecule has 1 saturated carbocycles. The molecule has 3 heterocycles. The van der Waals surface area contributed by atoms with E-state index < -0.39 is 0 Å². The van der Waals surface area contributed by atoms with Gasteiger partial charge in [-0.3, -0.25) is 0 Å². The van der Waals surface area contributed by atoms with Crippen molar-refractivity contribution < 1.29 is 5.11 Å². The van der Waals surface area contributed by atoms with Crippen molar-refractivity contribution in [2.45, 2.75) is 38.1 Å². The first kappa shape index (κ1) is 13.8. The summed E-state index contributed by atoms with van der Waals surface area (Å²) in [6.07, 6.45) is 9.87. The number of piperazine rings is 1. The van der Waals surface area contributed by atoms with Crippen molar-refractivity contribution in [3.05, 3.63) is 12.4 Å². The van der Waals surface area contributed by atoms with Gasteiger partial charge < -0.3 is 19.9 Å². The molecule has 2 fully saturated rings. The fourth-order valence-corrected chi connectivity index (χ4v) is 3.64. The molecule has 0 bridgehead atoms. The molecular weight excluding hydrogens is 278 g/mol. The molecule has 2 aliphatic rings. The number of anilines is 1. The number of aromatic hydroxyl groups is 1. The number of fused-ring (bicyclic) bond motifs is 1. The van der Waals surface area contributed by atoms with E-state index in [1.807, 2.05) is 10.8 Å². The highest BCUT2D eigenvalue weighted by atomic mass is 16.3. The van der Waals surface area contributed by atoms with E-state index in [0.717, 1.165) is 55.9 Å². The number of nitrogens with zero attached hydrogens (tertiary/aromatic N) is 4. The van der Waals surface area contributed by atoms with E-state index in [2.05, 4.69) is 20.2 Å². The Morgan fingerprint density at radius 2 is 1.91 bits per heavy atom. The maximum Gasteiger partial charge on any atom is 0.226 e. The van der Waals surface area contributed by atoms with Gasteiger partial charge in [-0.15, -0.1) is 0 Å². The Hall–Kier alpha value is -1.82. The number of hydrogen-bond acceptors (Lipinski definition) is 5. The standard InChI is InChI=1S/C16H23N5O/c22-15-13-10-18-16(20-8-6-17-7-9-20)19-14(13)11-21(15)12-4-2-1-3-5-12/h10-12,17,22H,1-9H2. The van der Waals surface area contributed by atoms with Crippen molar-refractivity contribution in [3.63, 3.8) is 0 Å². The number of aromatic nitrogens is 3. The van der Waals surface area contributed by atoms with E-state index >= 15 is 0 Å². The Morgan fingerprint density at radius 3 is 2.68 bits per heavy atom. The maximum absolute atomic E-state index is 10.5. The lowest BCUT2D eigenvalue weighted by Gasteiger charge is -2.27.